The fourth-order valence-electron chi connectivity index (χ4n) is 3.34. The van der Waals surface area contributed by atoms with Crippen LogP contribution in [0, 0.1) is 0 Å². The van der Waals surface area contributed by atoms with Crippen molar-refractivity contribution in [3.8, 4) is 0 Å². The number of nitrogens with zero attached hydrogens (tertiary/aromatic N) is 1. The molecule has 33 heavy (non-hydrogen) atoms. The maximum atomic E-state index is 13.0. The van der Waals surface area contributed by atoms with E-state index in [2.05, 4.69) is 17.4 Å². The predicted molar refractivity (Wildman–Crippen MR) is 131 cm³/mol. The molecule has 172 valence electrons. The van der Waals surface area contributed by atoms with Gasteiger partial charge >= 0.3 is 0 Å². The Labute approximate surface area is 203 Å². The number of thioether (sulfide) groups is 1. The molecule has 1 amide bonds. The van der Waals surface area contributed by atoms with Crippen molar-refractivity contribution in [2.45, 2.75) is 15.5 Å². The minimum atomic E-state index is -3.82. The number of sulfonamides is 1. The Morgan fingerprint density at radius 2 is 1.70 bits per heavy atom. The quantitative estimate of drug-likeness (QED) is 0.465. The van der Waals surface area contributed by atoms with Gasteiger partial charge in [-0.25, -0.2) is 8.42 Å². The molecule has 1 fully saturated rings. The van der Waals surface area contributed by atoms with Crippen LogP contribution in [0.4, 0.5) is 5.69 Å². The third-order valence-corrected chi connectivity index (χ3v) is 8.61. The van der Waals surface area contributed by atoms with Crippen molar-refractivity contribution in [3.63, 3.8) is 0 Å². The van der Waals surface area contributed by atoms with Gasteiger partial charge in [-0.1, -0.05) is 41.9 Å². The first-order valence-corrected chi connectivity index (χ1v) is 13.2. The van der Waals surface area contributed by atoms with Crippen LogP contribution in [0.15, 0.2) is 82.6 Å². The first kappa shape index (κ1) is 23.8. The lowest BCUT2D eigenvalue weighted by molar-refractivity contribution is 0.0730. The molecule has 0 bridgehead atoms. The van der Waals surface area contributed by atoms with Crippen LogP contribution < -0.4 is 5.32 Å². The van der Waals surface area contributed by atoms with Gasteiger partial charge in [-0.3, -0.25) is 4.79 Å². The molecule has 9 heteroatoms. The Bertz CT molecular complexity index is 1210. The number of carbonyl (C=O) groups is 1. The molecule has 1 N–H and O–H groups in total. The van der Waals surface area contributed by atoms with Crippen molar-refractivity contribution < 1.29 is 17.9 Å². The number of benzene rings is 3. The van der Waals surface area contributed by atoms with Crippen LogP contribution in [0.1, 0.15) is 15.9 Å². The minimum absolute atomic E-state index is 0.0769. The van der Waals surface area contributed by atoms with Crippen molar-refractivity contribution in [1.29, 1.82) is 0 Å². The number of carbonyl (C=O) groups excluding carboxylic acids is 1. The highest BCUT2D eigenvalue weighted by atomic mass is 35.5. The van der Waals surface area contributed by atoms with E-state index in [9.17, 15) is 13.2 Å². The summed E-state index contributed by atoms with van der Waals surface area (Å²) in [6, 6.07) is 22.0. The van der Waals surface area contributed by atoms with Crippen molar-refractivity contribution in [1.82, 2.24) is 4.31 Å². The summed E-state index contributed by atoms with van der Waals surface area (Å²) in [4.78, 5) is 13.9. The smallest absolute Gasteiger partial charge is 0.255 e. The number of morpholine rings is 1. The molecular weight excluding hydrogens is 480 g/mol. The molecule has 3 aromatic rings. The summed E-state index contributed by atoms with van der Waals surface area (Å²) in [5.41, 5.74) is 1.98. The molecule has 0 aromatic heterocycles. The van der Waals surface area contributed by atoms with Crippen LogP contribution >= 0.6 is 23.4 Å². The molecule has 0 unspecified atom stereocenters. The average Bonchev–Trinajstić information content (AvgIpc) is 2.85. The molecule has 0 saturated carbocycles. The summed E-state index contributed by atoms with van der Waals surface area (Å²) < 4.78 is 32.5. The summed E-state index contributed by atoms with van der Waals surface area (Å²) in [5, 5.41) is 2.90. The third-order valence-electron chi connectivity index (χ3n) is 5.14. The lowest BCUT2D eigenvalue weighted by atomic mass is 10.2. The van der Waals surface area contributed by atoms with Gasteiger partial charge < -0.3 is 10.1 Å². The molecule has 6 nitrogen and oxygen atoms in total. The molecule has 1 saturated heterocycles. The van der Waals surface area contributed by atoms with Crippen molar-refractivity contribution in [2.75, 3.05) is 31.6 Å². The molecule has 1 heterocycles. The van der Waals surface area contributed by atoms with Crippen LogP contribution in [0.5, 0.6) is 0 Å². The second-order valence-corrected chi connectivity index (χ2v) is 10.8. The Morgan fingerprint density at radius 3 is 2.39 bits per heavy atom. The van der Waals surface area contributed by atoms with Gasteiger partial charge in [-0.05, 0) is 48.0 Å². The number of amides is 1. The van der Waals surface area contributed by atoms with E-state index >= 15 is 0 Å². The SMILES string of the molecule is O=C(Nc1ccc(CSc2ccccc2)cc1)c1ccc(Cl)c(S(=O)(=O)N2CCOCC2)c1. The lowest BCUT2D eigenvalue weighted by Gasteiger charge is -2.26. The maximum absolute atomic E-state index is 13.0. The summed E-state index contributed by atoms with van der Waals surface area (Å²) in [6.45, 7) is 1.17. The van der Waals surface area contributed by atoms with E-state index in [-0.39, 0.29) is 28.6 Å². The first-order chi connectivity index (χ1) is 15.9. The first-order valence-electron chi connectivity index (χ1n) is 10.4. The minimum Gasteiger partial charge on any atom is -0.379 e. The second kappa shape index (κ2) is 10.7. The molecule has 3 aromatic carbocycles. The fourth-order valence-corrected chi connectivity index (χ4v) is 6.12. The van der Waals surface area contributed by atoms with Crippen molar-refractivity contribution >= 4 is 45.0 Å². The summed E-state index contributed by atoms with van der Waals surface area (Å²) in [5.74, 6) is 0.412. The molecule has 0 radical (unpaired) electrons. The van der Waals surface area contributed by atoms with E-state index in [1.807, 2.05) is 42.5 Å². The number of nitrogens with one attached hydrogen (secondary N) is 1. The van der Waals surface area contributed by atoms with Crippen molar-refractivity contribution in [2.24, 2.45) is 0 Å². The standard InChI is InChI=1S/C24H23ClN2O4S2/c25-22-11-8-19(16-23(22)33(29,30)27-12-14-31-15-13-27)24(28)26-20-9-6-18(7-10-20)17-32-21-4-2-1-3-5-21/h1-11,16H,12-15,17H2,(H,26,28). The van der Waals surface area contributed by atoms with Crippen LogP contribution in [0.3, 0.4) is 0 Å². The molecular formula is C24H23ClN2O4S2. The Morgan fingerprint density at radius 1 is 1.00 bits per heavy atom. The molecule has 0 spiro atoms. The summed E-state index contributed by atoms with van der Waals surface area (Å²) in [6.07, 6.45) is 0. The molecule has 4 rings (SSSR count). The summed E-state index contributed by atoms with van der Waals surface area (Å²) in [7, 11) is -3.82. The van der Waals surface area contributed by atoms with E-state index < -0.39 is 15.9 Å². The lowest BCUT2D eigenvalue weighted by Crippen LogP contribution is -2.40. The molecule has 0 atom stereocenters. The summed E-state index contributed by atoms with van der Waals surface area (Å²) >= 11 is 7.92. The normalized spacial score (nSPS) is 14.7. The zero-order valence-electron chi connectivity index (χ0n) is 17.7. The molecule has 1 aliphatic heterocycles. The van der Waals surface area contributed by atoms with E-state index in [1.165, 1.54) is 27.4 Å². The topological polar surface area (TPSA) is 75.7 Å². The molecule has 0 aliphatic carbocycles. The highest BCUT2D eigenvalue weighted by molar-refractivity contribution is 7.98. The van der Waals surface area contributed by atoms with Gasteiger partial charge in [0.15, 0.2) is 0 Å². The predicted octanol–water partition coefficient (Wildman–Crippen LogP) is 4.91. The van der Waals surface area contributed by atoms with E-state index in [1.54, 1.807) is 11.8 Å². The largest absolute Gasteiger partial charge is 0.379 e. The van der Waals surface area contributed by atoms with Crippen LogP contribution in [0.25, 0.3) is 0 Å². The molecule has 1 aliphatic rings. The van der Waals surface area contributed by atoms with Crippen LogP contribution in [-0.2, 0) is 20.5 Å². The van der Waals surface area contributed by atoms with E-state index in [4.69, 9.17) is 16.3 Å². The van der Waals surface area contributed by atoms with Gasteiger partial charge in [-0.2, -0.15) is 4.31 Å². The Hall–Kier alpha value is -2.36. The number of ether oxygens (including phenoxy) is 1. The average molecular weight is 503 g/mol. The zero-order valence-corrected chi connectivity index (χ0v) is 20.1. The number of halogens is 1. The Kier molecular flexibility index (Phi) is 7.72. The zero-order chi connectivity index (χ0) is 23.3. The maximum Gasteiger partial charge on any atom is 0.255 e. The second-order valence-electron chi connectivity index (χ2n) is 7.41. The Balaban J connectivity index is 1.43. The fraction of sp³-hybridized carbons (Fsp3) is 0.208. The van der Waals surface area contributed by atoms with E-state index in [0.717, 1.165) is 11.3 Å². The van der Waals surface area contributed by atoms with Crippen LogP contribution in [0.2, 0.25) is 5.02 Å². The number of anilines is 1. The van der Waals surface area contributed by atoms with Gasteiger partial charge in [0.05, 0.1) is 18.2 Å². The van der Waals surface area contributed by atoms with Gasteiger partial charge in [-0.15, -0.1) is 11.8 Å². The third kappa shape index (κ3) is 5.96. The van der Waals surface area contributed by atoms with E-state index in [0.29, 0.717) is 18.9 Å². The van der Waals surface area contributed by atoms with Gasteiger partial charge in [0.1, 0.15) is 4.90 Å². The number of hydrogen-bond acceptors (Lipinski definition) is 5. The van der Waals surface area contributed by atoms with Gasteiger partial charge in [0.25, 0.3) is 5.91 Å². The monoisotopic (exact) mass is 502 g/mol. The highest BCUT2D eigenvalue weighted by Gasteiger charge is 2.29. The number of rotatable bonds is 7. The van der Waals surface area contributed by atoms with Crippen molar-refractivity contribution in [3.05, 3.63) is 88.9 Å². The van der Waals surface area contributed by atoms with Gasteiger partial charge in [0.2, 0.25) is 10.0 Å². The van der Waals surface area contributed by atoms with Crippen LogP contribution in [-0.4, -0.2) is 44.9 Å². The van der Waals surface area contributed by atoms with Gasteiger partial charge in [0, 0.05) is 35.0 Å². The number of hydrogen-bond donors (Lipinski definition) is 1. The highest BCUT2D eigenvalue weighted by Crippen LogP contribution is 2.27.